The number of hydrogen-bond donors (Lipinski definition) is 1. The van der Waals surface area contributed by atoms with Crippen LogP contribution >= 0.6 is 23.2 Å². The second-order valence-corrected chi connectivity index (χ2v) is 3.27. The van der Waals surface area contributed by atoms with Gasteiger partial charge in [0.1, 0.15) is 11.0 Å². The topological polar surface area (TPSA) is 41.6 Å². The summed E-state index contributed by atoms with van der Waals surface area (Å²) >= 11 is 11.8. The van der Waals surface area contributed by atoms with Crippen molar-refractivity contribution in [3.63, 3.8) is 0 Å². The lowest BCUT2D eigenvalue weighted by Gasteiger charge is -1.98. The molecule has 0 saturated carbocycles. The van der Waals surface area contributed by atoms with Crippen LogP contribution in [0, 0.1) is 6.92 Å². The molecule has 1 heterocycles. The number of benzene rings is 1. The van der Waals surface area contributed by atoms with E-state index in [2.05, 4.69) is 15.4 Å². The van der Waals surface area contributed by atoms with E-state index in [1.807, 2.05) is 13.0 Å². The van der Waals surface area contributed by atoms with E-state index in [4.69, 9.17) is 23.2 Å². The third-order valence-corrected chi connectivity index (χ3v) is 2.63. The lowest BCUT2D eigenvalue weighted by Crippen LogP contribution is -1.79. The molecule has 3 nitrogen and oxygen atoms in total. The SMILES string of the molecule is Cc1cc2n[nH]nc2c(Cl)c1Cl. The molecule has 2 aromatic rings. The van der Waals surface area contributed by atoms with Crippen LogP contribution in [0.15, 0.2) is 6.07 Å². The second kappa shape index (κ2) is 2.61. The predicted octanol–water partition coefficient (Wildman–Crippen LogP) is 2.57. The van der Waals surface area contributed by atoms with Crippen molar-refractivity contribution in [2.75, 3.05) is 0 Å². The molecule has 0 aliphatic carbocycles. The van der Waals surface area contributed by atoms with Crippen LogP contribution in [-0.4, -0.2) is 15.4 Å². The summed E-state index contributed by atoms with van der Waals surface area (Å²) in [6, 6.07) is 1.84. The summed E-state index contributed by atoms with van der Waals surface area (Å²) in [7, 11) is 0. The van der Waals surface area contributed by atoms with Crippen molar-refractivity contribution >= 4 is 34.2 Å². The number of aromatic nitrogens is 3. The first-order valence-corrected chi connectivity index (χ1v) is 4.11. The molecule has 0 spiro atoms. The maximum atomic E-state index is 5.92. The third kappa shape index (κ3) is 0.974. The fraction of sp³-hybridized carbons (Fsp3) is 0.143. The number of nitrogens with one attached hydrogen (secondary N) is 1. The van der Waals surface area contributed by atoms with E-state index in [-0.39, 0.29) is 0 Å². The Morgan fingerprint density at radius 1 is 1.25 bits per heavy atom. The van der Waals surface area contributed by atoms with Crippen LogP contribution in [0.5, 0.6) is 0 Å². The predicted molar refractivity (Wildman–Crippen MR) is 48.6 cm³/mol. The van der Waals surface area contributed by atoms with Gasteiger partial charge in [-0.25, -0.2) is 0 Å². The highest BCUT2D eigenvalue weighted by Crippen LogP contribution is 2.31. The molecular formula is C7H5Cl2N3. The van der Waals surface area contributed by atoms with E-state index in [1.165, 1.54) is 0 Å². The summed E-state index contributed by atoms with van der Waals surface area (Å²) in [6.45, 7) is 1.88. The van der Waals surface area contributed by atoms with Gasteiger partial charge in [-0.3, -0.25) is 0 Å². The number of H-pyrrole nitrogens is 1. The number of nitrogens with zero attached hydrogens (tertiary/aromatic N) is 2. The van der Waals surface area contributed by atoms with Gasteiger partial charge in [-0.15, -0.1) is 0 Å². The normalized spacial score (nSPS) is 10.9. The van der Waals surface area contributed by atoms with E-state index in [9.17, 15) is 0 Å². The van der Waals surface area contributed by atoms with Crippen LogP contribution in [0.25, 0.3) is 11.0 Å². The van der Waals surface area contributed by atoms with Gasteiger partial charge in [0.25, 0.3) is 0 Å². The zero-order chi connectivity index (χ0) is 8.72. The van der Waals surface area contributed by atoms with Crippen LogP contribution in [0.1, 0.15) is 5.56 Å². The largest absolute Gasteiger partial charge is 0.197 e. The molecule has 1 aromatic heterocycles. The minimum Gasteiger partial charge on any atom is -0.197 e. The van der Waals surface area contributed by atoms with Gasteiger partial charge >= 0.3 is 0 Å². The molecule has 12 heavy (non-hydrogen) atoms. The highest BCUT2D eigenvalue weighted by molar-refractivity contribution is 6.45. The summed E-state index contributed by atoms with van der Waals surface area (Å²) in [6.07, 6.45) is 0. The Bertz CT molecular complexity index is 435. The summed E-state index contributed by atoms with van der Waals surface area (Å²) in [4.78, 5) is 0. The molecule has 0 aliphatic rings. The van der Waals surface area contributed by atoms with E-state index in [0.29, 0.717) is 15.6 Å². The monoisotopic (exact) mass is 201 g/mol. The van der Waals surface area contributed by atoms with Crippen LogP contribution in [-0.2, 0) is 0 Å². The average molecular weight is 202 g/mol. The van der Waals surface area contributed by atoms with Crippen molar-refractivity contribution in [3.05, 3.63) is 21.7 Å². The van der Waals surface area contributed by atoms with Crippen LogP contribution in [0.3, 0.4) is 0 Å². The molecule has 0 saturated heterocycles. The standard InChI is InChI=1S/C7H5Cl2N3/c1-3-2-4-7(11-12-10-4)6(9)5(3)8/h2H,1H3,(H,10,11,12). The Labute approximate surface area is 78.7 Å². The minimum absolute atomic E-state index is 0.459. The number of hydrogen-bond acceptors (Lipinski definition) is 2. The van der Waals surface area contributed by atoms with E-state index < -0.39 is 0 Å². The molecule has 5 heteroatoms. The zero-order valence-electron chi connectivity index (χ0n) is 6.23. The Balaban J connectivity index is 2.94. The number of aromatic amines is 1. The quantitative estimate of drug-likeness (QED) is 0.713. The Kier molecular flexibility index (Phi) is 1.70. The molecule has 1 aromatic carbocycles. The first kappa shape index (κ1) is 7.83. The first-order chi connectivity index (χ1) is 5.70. The van der Waals surface area contributed by atoms with Crippen LogP contribution in [0.2, 0.25) is 10.0 Å². The van der Waals surface area contributed by atoms with E-state index >= 15 is 0 Å². The van der Waals surface area contributed by atoms with Crippen molar-refractivity contribution < 1.29 is 0 Å². The molecule has 0 aliphatic heterocycles. The fourth-order valence-electron chi connectivity index (χ4n) is 1.05. The molecule has 0 radical (unpaired) electrons. The van der Waals surface area contributed by atoms with E-state index in [0.717, 1.165) is 11.1 Å². The summed E-state index contributed by atoms with van der Waals surface area (Å²) in [5, 5.41) is 11.3. The summed E-state index contributed by atoms with van der Waals surface area (Å²) in [5.41, 5.74) is 2.26. The smallest absolute Gasteiger partial charge is 0.133 e. The van der Waals surface area contributed by atoms with Crippen molar-refractivity contribution in [2.45, 2.75) is 6.92 Å². The van der Waals surface area contributed by atoms with Crippen LogP contribution < -0.4 is 0 Å². The lowest BCUT2D eigenvalue weighted by atomic mass is 10.2. The fourth-order valence-corrected chi connectivity index (χ4v) is 1.48. The summed E-state index contributed by atoms with van der Waals surface area (Å²) in [5.74, 6) is 0. The van der Waals surface area contributed by atoms with Crippen molar-refractivity contribution in [3.8, 4) is 0 Å². The highest BCUT2D eigenvalue weighted by Gasteiger charge is 2.09. The summed E-state index contributed by atoms with van der Waals surface area (Å²) < 4.78 is 0. The molecule has 1 N–H and O–H groups in total. The van der Waals surface area contributed by atoms with Crippen molar-refractivity contribution in [2.24, 2.45) is 0 Å². The third-order valence-electron chi connectivity index (χ3n) is 1.67. The zero-order valence-corrected chi connectivity index (χ0v) is 7.74. The molecule has 2 rings (SSSR count). The van der Waals surface area contributed by atoms with Gasteiger partial charge in [0, 0.05) is 0 Å². The van der Waals surface area contributed by atoms with Gasteiger partial charge in [0.2, 0.25) is 0 Å². The first-order valence-electron chi connectivity index (χ1n) is 3.35. The average Bonchev–Trinajstić information content (AvgIpc) is 2.48. The Morgan fingerprint density at radius 3 is 2.75 bits per heavy atom. The van der Waals surface area contributed by atoms with Crippen LogP contribution in [0.4, 0.5) is 0 Å². The number of fused-ring (bicyclic) bond motifs is 1. The molecule has 0 atom stereocenters. The van der Waals surface area contributed by atoms with Crippen molar-refractivity contribution in [1.29, 1.82) is 0 Å². The van der Waals surface area contributed by atoms with E-state index in [1.54, 1.807) is 0 Å². The Morgan fingerprint density at radius 2 is 2.00 bits per heavy atom. The molecule has 0 bridgehead atoms. The van der Waals surface area contributed by atoms with Gasteiger partial charge in [0.05, 0.1) is 10.0 Å². The van der Waals surface area contributed by atoms with Gasteiger partial charge < -0.3 is 0 Å². The maximum Gasteiger partial charge on any atom is 0.133 e. The minimum atomic E-state index is 0.459. The van der Waals surface area contributed by atoms with Crippen molar-refractivity contribution in [1.82, 2.24) is 15.4 Å². The number of rotatable bonds is 0. The molecule has 0 fully saturated rings. The molecular weight excluding hydrogens is 197 g/mol. The van der Waals surface area contributed by atoms with Gasteiger partial charge in [-0.2, -0.15) is 15.4 Å². The maximum absolute atomic E-state index is 5.92. The highest BCUT2D eigenvalue weighted by atomic mass is 35.5. The van der Waals surface area contributed by atoms with Gasteiger partial charge in [0.15, 0.2) is 0 Å². The second-order valence-electron chi connectivity index (χ2n) is 2.51. The molecule has 62 valence electrons. The Hall–Kier alpha value is -0.800. The number of halogens is 2. The van der Waals surface area contributed by atoms with Gasteiger partial charge in [-0.05, 0) is 18.6 Å². The van der Waals surface area contributed by atoms with Gasteiger partial charge in [-0.1, -0.05) is 23.2 Å². The number of aryl methyl sites for hydroxylation is 1. The molecule has 0 unspecified atom stereocenters. The molecule has 0 amide bonds. The lowest BCUT2D eigenvalue weighted by molar-refractivity contribution is 0.959.